The maximum absolute atomic E-state index is 5.49. The Morgan fingerprint density at radius 2 is 2.27 bits per heavy atom. The van der Waals surface area contributed by atoms with Crippen LogP contribution in [0.1, 0.15) is 36.6 Å². The van der Waals surface area contributed by atoms with Crippen molar-refractivity contribution in [3.8, 4) is 0 Å². The van der Waals surface area contributed by atoms with Crippen LogP contribution in [0.25, 0.3) is 0 Å². The number of rotatable bonds is 2. The van der Waals surface area contributed by atoms with Crippen LogP contribution in [0.4, 0.5) is 0 Å². The van der Waals surface area contributed by atoms with E-state index in [0.29, 0.717) is 12.5 Å². The molecule has 4 heteroatoms. The van der Waals surface area contributed by atoms with Crippen molar-refractivity contribution in [2.75, 3.05) is 0 Å². The molecular formula is C7H12N4. The van der Waals surface area contributed by atoms with Gasteiger partial charge in [0.1, 0.15) is 0 Å². The first-order valence-corrected chi connectivity index (χ1v) is 4.01. The average Bonchev–Trinajstić information content (AvgIpc) is 2.32. The maximum Gasteiger partial charge on any atom is 0.0995 e. The highest BCUT2D eigenvalue weighted by Gasteiger charge is 2.24. The number of hydrogen-bond donors (Lipinski definition) is 2. The van der Waals surface area contributed by atoms with E-state index < -0.39 is 0 Å². The van der Waals surface area contributed by atoms with Gasteiger partial charge >= 0.3 is 0 Å². The van der Waals surface area contributed by atoms with Crippen molar-refractivity contribution in [1.29, 1.82) is 0 Å². The van der Waals surface area contributed by atoms with Crippen LogP contribution < -0.4 is 5.73 Å². The first-order chi connectivity index (χ1) is 5.42. The molecule has 0 atom stereocenters. The molecule has 1 fully saturated rings. The van der Waals surface area contributed by atoms with Gasteiger partial charge in [-0.3, -0.25) is 0 Å². The molecule has 0 unspecified atom stereocenters. The third-order valence-corrected chi connectivity index (χ3v) is 2.34. The summed E-state index contributed by atoms with van der Waals surface area (Å²) in [7, 11) is 0. The Bertz CT molecular complexity index is 238. The van der Waals surface area contributed by atoms with Crippen molar-refractivity contribution in [3.63, 3.8) is 0 Å². The zero-order valence-electron chi connectivity index (χ0n) is 6.38. The minimum Gasteiger partial charge on any atom is -0.325 e. The largest absolute Gasteiger partial charge is 0.325 e. The van der Waals surface area contributed by atoms with Crippen molar-refractivity contribution < 1.29 is 0 Å². The van der Waals surface area contributed by atoms with E-state index >= 15 is 0 Å². The topological polar surface area (TPSA) is 67.6 Å². The summed E-state index contributed by atoms with van der Waals surface area (Å²) in [5.74, 6) is 0.632. The second-order valence-corrected chi connectivity index (χ2v) is 2.99. The maximum atomic E-state index is 5.49. The van der Waals surface area contributed by atoms with Gasteiger partial charge < -0.3 is 5.73 Å². The van der Waals surface area contributed by atoms with E-state index in [1.807, 2.05) is 0 Å². The van der Waals surface area contributed by atoms with E-state index in [2.05, 4.69) is 15.4 Å². The molecule has 0 spiro atoms. The first-order valence-electron chi connectivity index (χ1n) is 4.01. The van der Waals surface area contributed by atoms with Crippen molar-refractivity contribution in [3.05, 3.63) is 11.4 Å². The molecule has 1 heterocycles. The van der Waals surface area contributed by atoms with E-state index in [1.165, 1.54) is 19.3 Å². The predicted molar refractivity (Wildman–Crippen MR) is 40.9 cm³/mol. The normalized spacial score (nSPS) is 18.3. The number of H-pyrrole nitrogens is 1. The van der Waals surface area contributed by atoms with Gasteiger partial charge in [-0.25, -0.2) is 0 Å². The standard InChI is InChI=1S/C7H12N4/c8-4-6-7(10-11-9-6)5-2-1-3-5/h5H,1-4,8H2,(H,9,10,11). The molecule has 1 aliphatic rings. The van der Waals surface area contributed by atoms with Gasteiger partial charge in [-0.2, -0.15) is 15.4 Å². The first kappa shape index (κ1) is 6.79. The Labute approximate surface area is 65.2 Å². The summed E-state index contributed by atoms with van der Waals surface area (Å²) in [6.07, 6.45) is 3.82. The molecule has 2 rings (SSSR count). The fourth-order valence-electron chi connectivity index (χ4n) is 1.42. The predicted octanol–water partition coefficient (Wildman–Crippen LogP) is 0.531. The van der Waals surface area contributed by atoms with Gasteiger partial charge in [0.15, 0.2) is 0 Å². The number of aromatic nitrogens is 3. The minimum atomic E-state index is 0.502. The lowest BCUT2D eigenvalue weighted by Crippen LogP contribution is -2.12. The molecule has 3 N–H and O–H groups in total. The van der Waals surface area contributed by atoms with Gasteiger partial charge in [0.2, 0.25) is 0 Å². The van der Waals surface area contributed by atoms with E-state index in [1.54, 1.807) is 0 Å². The third-order valence-electron chi connectivity index (χ3n) is 2.34. The molecule has 11 heavy (non-hydrogen) atoms. The van der Waals surface area contributed by atoms with Crippen molar-refractivity contribution in [1.82, 2.24) is 15.4 Å². The lowest BCUT2D eigenvalue weighted by Gasteiger charge is -2.23. The molecule has 1 aromatic rings. The Kier molecular flexibility index (Phi) is 1.62. The zero-order valence-corrected chi connectivity index (χ0v) is 6.38. The van der Waals surface area contributed by atoms with Crippen molar-refractivity contribution in [2.45, 2.75) is 31.7 Å². The SMILES string of the molecule is NCc1n[nH]nc1C1CCC1. The van der Waals surface area contributed by atoms with E-state index in [9.17, 15) is 0 Å². The van der Waals surface area contributed by atoms with Crippen molar-refractivity contribution >= 4 is 0 Å². The Hall–Kier alpha value is -0.900. The molecular weight excluding hydrogens is 140 g/mol. The molecule has 0 bridgehead atoms. The molecule has 0 amide bonds. The highest BCUT2D eigenvalue weighted by atomic mass is 15.3. The number of nitrogens with two attached hydrogens (primary N) is 1. The van der Waals surface area contributed by atoms with Crippen LogP contribution in [0, 0.1) is 0 Å². The monoisotopic (exact) mass is 152 g/mol. The average molecular weight is 152 g/mol. The second kappa shape index (κ2) is 2.62. The Balaban J connectivity index is 2.20. The fraction of sp³-hybridized carbons (Fsp3) is 0.714. The molecule has 0 aromatic carbocycles. The van der Waals surface area contributed by atoms with Gasteiger partial charge in [0, 0.05) is 12.5 Å². The van der Waals surface area contributed by atoms with E-state index in [-0.39, 0.29) is 0 Å². The summed E-state index contributed by atoms with van der Waals surface area (Å²) in [5, 5.41) is 10.7. The number of nitrogens with zero attached hydrogens (tertiary/aromatic N) is 2. The molecule has 1 aliphatic carbocycles. The van der Waals surface area contributed by atoms with E-state index in [0.717, 1.165) is 11.4 Å². The molecule has 4 nitrogen and oxygen atoms in total. The highest BCUT2D eigenvalue weighted by molar-refractivity contribution is 5.15. The molecule has 60 valence electrons. The molecule has 1 saturated carbocycles. The zero-order chi connectivity index (χ0) is 7.68. The van der Waals surface area contributed by atoms with Gasteiger partial charge in [0.05, 0.1) is 11.4 Å². The molecule has 0 aliphatic heterocycles. The summed E-state index contributed by atoms with van der Waals surface area (Å²) >= 11 is 0. The summed E-state index contributed by atoms with van der Waals surface area (Å²) < 4.78 is 0. The minimum absolute atomic E-state index is 0.502. The van der Waals surface area contributed by atoms with Crippen LogP contribution in [0.2, 0.25) is 0 Å². The van der Waals surface area contributed by atoms with Crippen LogP contribution >= 0.6 is 0 Å². The lowest BCUT2D eigenvalue weighted by atomic mass is 9.82. The van der Waals surface area contributed by atoms with Gasteiger partial charge in [-0.1, -0.05) is 6.42 Å². The number of nitrogens with one attached hydrogen (secondary N) is 1. The summed E-state index contributed by atoms with van der Waals surface area (Å²) in [6.45, 7) is 0.502. The molecule has 0 radical (unpaired) electrons. The quantitative estimate of drug-likeness (QED) is 0.649. The molecule has 0 saturated heterocycles. The third kappa shape index (κ3) is 1.03. The van der Waals surface area contributed by atoms with Crippen LogP contribution in [-0.2, 0) is 6.54 Å². The Morgan fingerprint density at radius 1 is 1.45 bits per heavy atom. The van der Waals surface area contributed by atoms with Gasteiger partial charge in [-0.15, -0.1) is 0 Å². The van der Waals surface area contributed by atoms with Crippen LogP contribution in [0.15, 0.2) is 0 Å². The van der Waals surface area contributed by atoms with Crippen molar-refractivity contribution in [2.24, 2.45) is 5.73 Å². The summed E-state index contributed by atoms with van der Waals surface area (Å²) in [5.41, 5.74) is 7.52. The summed E-state index contributed by atoms with van der Waals surface area (Å²) in [4.78, 5) is 0. The van der Waals surface area contributed by atoms with Gasteiger partial charge in [-0.05, 0) is 12.8 Å². The van der Waals surface area contributed by atoms with Crippen LogP contribution in [-0.4, -0.2) is 15.4 Å². The number of aromatic amines is 1. The second-order valence-electron chi connectivity index (χ2n) is 2.99. The van der Waals surface area contributed by atoms with Crippen LogP contribution in [0.5, 0.6) is 0 Å². The fourth-order valence-corrected chi connectivity index (χ4v) is 1.42. The van der Waals surface area contributed by atoms with E-state index in [4.69, 9.17) is 5.73 Å². The van der Waals surface area contributed by atoms with Crippen LogP contribution in [0.3, 0.4) is 0 Å². The lowest BCUT2D eigenvalue weighted by molar-refractivity contribution is 0.408. The highest BCUT2D eigenvalue weighted by Crippen LogP contribution is 2.35. The Morgan fingerprint density at radius 3 is 2.82 bits per heavy atom. The smallest absolute Gasteiger partial charge is 0.0995 e. The molecule has 1 aromatic heterocycles. The van der Waals surface area contributed by atoms with Gasteiger partial charge in [0.25, 0.3) is 0 Å². The summed E-state index contributed by atoms with van der Waals surface area (Å²) in [6, 6.07) is 0. The number of hydrogen-bond acceptors (Lipinski definition) is 3.